The van der Waals surface area contributed by atoms with Gasteiger partial charge in [0.15, 0.2) is 5.69 Å². The first-order chi connectivity index (χ1) is 7.31. The first kappa shape index (κ1) is 9.48. The van der Waals surface area contributed by atoms with E-state index in [4.69, 9.17) is 6.57 Å². The highest BCUT2D eigenvalue weighted by atomic mass is 14.6. The first-order valence-electron chi connectivity index (χ1n) is 4.85. The Balaban J connectivity index is 2.62. The van der Waals surface area contributed by atoms with Crippen LogP contribution in [0.3, 0.4) is 0 Å². The minimum Gasteiger partial charge on any atom is -0.238 e. The number of benzene rings is 2. The smallest absolute Gasteiger partial charge is 0.194 e. The molecule has 0 aliphatic heterocycles. The lowest BCUT2D eigenvalue weighted by Gasteiger charge is -2.05. The Bertz CT molecular complexity index is 507. The number of nitrogens with zero attached hydrogens (tertiary/aromatic N) is 1. The molecule has 0 atom stereocenters. The van der Waals surface area contributed by atoms with Gasteiger partial charge >= 0.3 is 0 Å². The molecular formula is C14H11N. The van der Waals surface area contributed by atoms with Crippen LogP contribution in [0.25, 0.3) is 16.0 Å². The third-order valence-electron chi connectivity index (χ3n) is 2.36. The van der Waals surface area contributed by atoms with Crippen LogP contribution in [0.15, 0.2) is 48.5 Å². The summed E-state index contributed by atoms with van der Waals surface area (Å²) in [5.74, 6) is 0. The molecule has 15 heavy (non-hydrogen) atoms. The van der Waals surface area contributed by atoms with Crippen molar-refractivity contribution in [3.8, 4) is 11.1 Å². The van der Waals surface area contributed by atoms with Crippen molar-refractivity contribution < 1.29 is 0 Å². The van der Waals surface area contributed by atoms with E-state index in [0.717, 1.165) is 11.1 Å². The van der Waals surface area contributed by atoms with Gasteiger partial charge in [-0.2, -0.15) is 0 Å². The molecule has 0 amide bonds. The zero-order valence-corrected chi connectivity index (χ0v) is 8.57. The molecule has 0 saturated heterocycles. The Hall–Kier alpha value is -2.07. The first-order valence-corrected chi connectivity index (χ1v) is 4.85. The van der Waals surface area contributed by atoms with Gasteiger partial charge in [-0.15, -0.1) is 0 Å². The van der Waals surface area contributed by atoms with E-state index in [1.807, 2.05) is 49.4 Å². The molecule has 0 saturated carbocycles. The van der Waals surface area contributed by atoms with Crippen LogP contribution in [0.1, 0.15) is 5.56 Å². The lowest BCUT2D eigenvalue weighted by atomic mass is 10.0. The summed E-state index contributed by atoms with van der Waals surface area (Å²) >= 11 is 0. The van der Waals surface area contributed by atoms with Crippen LogP contribution in [0.2, 0.25) is 0 Å². The maximum Gasteiger partial charge on any atom is 0.194 e. The van der Waals surface area contributed by atoms with Gasteiger partial charge < -0.3 is 0 Å². The van der Waals surface area contributed by atoms with Crippen LogP contribution in [-0.2, 0) is 0 Å². The Morgan fingerprint density at radius 3 is 2.40 bits per heavy atom. The van der Waals surface area contributed by atoms with E-state index in [1.54, 1.807) is 0 Å². The minimum atomic E-state index is 0.715. The highest BCUT2D eigenvalue weighted by Crippen LogP contribution is 2.30. The molecule has 0 aliphatic rings. The molecule has 2 aromatic carbocycles. The molecule has 0 aliphatic carbocycles. The average Bonchev–Trinajstić information content (AvgIpc) is 2.30. The molecule has 2 rings (SSSR count). The number of hydrogen-bond donors (Lipinski definition) is 0. The van der Waals surface area contributed by atoms with Crippen molar-refractivity contribution in [3.63, 3.8) is 0 Å². The van der Waals surface area contributed by atoms with Crippen molar-refractivity contribution in [2.75, 3.05) is 0 Å². The minimum absolute atomic E-state index is 0.715. The van der Waals surface area contributed by atoms with Crippen molar-refractivity contribution in [1.29, 1.82) is 0 Å². The van der Waals surface area contributed by atoms with Crippen molar-refractivity contribution in [3.05, 3.63) is 65.5 Å². The molecule has 0 aromatic heterocycles. The van der Waals surface area contributed by atoms with Gasteiger partial charge in [-0.05, 0) is 18.1 Å². The van der Waals surface area contributed by atoms with Gasteiger partial charge in [0.2, 0.25) is 0 Å². The van der Waals surface area contributed by atoms with E-state index < -0.39 is 0 Å². The van der Waals surface area contributed by atoms with Gasteiger partial charge in [-0.3, -0.25) is 0 Å². The van der Waals surface area contributed by atoms with E-state index in [2.05, 4.69) is 10.9 Å². The highest BCUT2D eigenvalue weighted by Gasteiger charge is 2.03. The predicted molar refractivity (Wildman–Crippen MR) is 62.9 cm³/mol. The molecule has 0 heterocycles. The molecule has 1 nitrogen and oxygen atoms in total. The lowest BCUT2D eigenvalue weighted by molar-refractivity contribution is 1.47. The Labute approximate surface area is 89.8 Å². The van der Waals surface area contributed by atoms with Crippen LogP contribution >= 0.6 is 0 Å². The fourth-order valence-corrected chi connectivity index (χ4v) is 1.60. The van der Waals surface area contributed by atoms with Crippen molar-refractivity contribution in [1.82, 2.24) is 0 Å². The third kappa shape index (κ3) is 1.89. The second-order valence-corrected chi connectivity index (χ2v) is 3.50. The number of aryl methyl sites for hydroxylation is 1. The van der Waals surface area contributed by atoms with Gasteiger partial charge in [0.1, 0.15) is 0 Å². The van der Waals surface area contributed by atoms with Crippen LogP contribution in [0.4, 0.5) is 5.69 Å². The maximum absolute atomic E-state index is 7.13. The van der Waals surface area contributed by atoms with Gasteiger partial charge in [0.25, 0.3) is 0 Å². The average molecular weight is 193 g/mol. The molecule has 0 spiro atoms. The van der Waals surface area contributed by atoms with E-state index in [0.29, 0.717) is 5.69 Å². The highest BCUT2D eigenvalue weighted by molar-refractivity contribution is 5.78. The molecule has 0 bridgehead atoms. The predicted octanol–water partition coefficient (Wildman–Crippen LogP) is 4.21. The van der Waals surface area contributed by atoms with Crippen LogP contribution < -0.4 is 0 Å². The SMILES string of the molecule is [C-]#[N+]c1ccc(C)cc1-c1ccccc1. The fourth-order valence-electron chi connectivity index (χ4n) is 1.60. The van der Waals surface area contributed by atoms with E-state index in [-0.39, 0.29) is 0 Å². The summed E-state index contributed by atoms with van der Waals surface area (Å²) in [6, 6.07) is 15.9. The molecule has 0 unspecified atom stereocenters. The van der Waals surface area contributed by atoms with E-state index in [9.17, 15) is 0 Å². The quantitative estimate of drug-likeness (QED) is 0.597. The Morgan fingerprint density at radius 2 is 1.73 bits per heavy atom. The summed E-state index contributed by atoms with van der Waals surface area (Å²) in [4.78, 5) is 3.54. The van der Waals surface area contributed by atoms with Gasteiger partial charge in [-0.1, -0.05) is 54.1 Å². The van der Waals surface area contributed by atoms with E-state index in [1.165, 1.54) is 5.56 Å². The normalized spacial score (nSPS) is 9.60. The van der Waals surface area contributed by atoms with Crippen molar-refractivity contribution >= 4 is 5.69 Å². The molecule has 0 N–H and O–H groups in total. The van der Waals surface area contributed by atoms with Crippen LogP contribution in [0, 0.1) is 13.5 Å². The fraction of sp³-hybridized carbons (Fsp3) is 0.0714. The molecule has 1 heteroatoms. The molecule has 0 fully saturated rings. The summed E-state index contributed by atoms with van der Waals surface area (Å²) in [5.41, 5.74) is 4.02. The molecule has 0 radical (unpaired) electrons. The van der Waals surface area contributed by atoms with Gasteiger partial charge in [-0.25, -0.2) is 4.85 Å². The lowest BCUT2D eigenvalue weighted by Crippen LogP contribution is -1.79. The summed E-state index contributed by atoms with van der Waals surface area (Å²) < 4.78 is 0. The number of rotatable bonds is 1. The monoisotopic (exact) mass is 193 g/mol. The van der Waals surface area contributed by atoms with Crippen LogP contribution in [0.5, 0.6) is 0 Å². The summed E-state index contributed by atoms with van der Waals surface area (Å²) in [5, 5.41) is 0. The Morgan fingerprint density at radius 1 is 1.00 bits per heavy atom. The third-order valence-corrected chi connectivity index (χ3v) is 2.36. The summed E-state index contributed by atoms with van der Waals surface area (Å²) in [6.45, 7) is 9.17. The summed E-state index contributed by atoms with van der Waals surface area (Å²) in [7, 11) is 0. The molecule has 72 valence electrons. The zero-order valence-electron chi connectivity index (χ0n) is 8.57. The second-order valence-electron chi connectivity index (χ2n) is 3.50. The molecule has 2 aromatic rings. The van der Waals surface area contributed by atoms with Gasteiger partial charge in [0, 0.05) is 0 Å². The summed E-state index contributed by atoms with van der Waals surface area (Å²) in [6.07, 6.45) is 0. The maximum atomic E-state index is 7.13. The standard InChI is InChI=1S/C14H11N/c1-11-8-9-14(15-2)13(10-11)12-6-4-3-5-7-12/h3-10H,1H3. The molecular weight excluding hydrogens is 182 g/mol. The van der Waals surface area contributed by atoms with Crippen molar-refractivity contribution in [2.45, 2.75) is 6.92 Å². The van der Waals surface area contributed by atoms with E-state index >= 15 is 0 Å². The topological polar surface area (TPSA) is 4.36 Å². The number of hydrogen-bond acceptors (Lipinski definition) is 0. The van der Waals surface area contributed by atoms with Crippen LogP contribution in [-0.4, -0.2) is 0 Å². The van der Waals surface area contributed by atoms with Crippen molar-refractivity contribution in [2.24, 2.45) is 0 Å². The zero-order chi connectivity index (χ0) is 10.7. The second kappa shape index (κ2) is 3.98. The largest absolute Gasteiger partial charge is 0.238 e. The Kier molecular flexibility index (Phi) is 2.51. The van der Waals surface area contributed by atoms with Gasteiger partial charge in [0.05, 0.1) is 6.57 Å².